The Morgan fingerprint density at radius 3 is 2.46 bits per heavy atom. The van der Waals surface area contributed by atoms with E-state index in [1.165, 1.54) is 25.7 Å². The predicted octanol–water partition coefficient (Wildman–Crippen LogP) is 1.50. The summed E-state index contributed by atoms with van der Waals surface area (Å²) in [5.74, 6) is 2.38. The maximum atomic E-state index is 4.25. The third-order valence-electron chi connectivity index (χ3n) is 2.90. The monoisotopic (exact) mass is 180 g/mol. The molecule has 0 saturated heterocycles. The van der Waals surface area contributed by atoms with Gasteiger partial charge in [-0.2, -0.15) is 4.80 Å². The molecule has 0 radical (unpaired) electrons. The van der Waals surface area contributed by atoms with Crippen LogP contribution < -0.4 is 0 Å². The Balaban J connectivity index is 2.02. The molecule has 4 heteroatoms. The fraction of sp³-hybridized carbons (Fsp3) is 0.889. The third-order valence-corrected chi connectivity index (χ3v) is 2.90. The summed E-state index contributed by atoms with van der Waals surface area (Å²) in [5.41, 5.74) is 0. The zero-order chi connectivity index (χ0) is 9.26. The van der Waals surface area contributed by atoms with E-state index in [0.29, 0.717) is 5.92 Å². The number of aryl methyl sites for hydroxylation is 1. The first-order valence-electron chi connectivity index (χ1n) is 4.99. The van der Waals surface area contributed by atoms with Crippen molar-refractivity contribution < 1.29 is 0 Å². The van der Waals surface area contributed by atoms with Gasteiger partial charge in [-0.3, -0.25) is 0 Å². The molecule has 0 bridgehead atoms. The SMILES string of the molecule is CC1CCC(c2nnn(C)n2)CC1. The second-order valence-electron chi connectivity index (χ2n) is 4.09. The predicted molar refractivity (Wildman–Crippen MR) is 49.2 cm³/mol. The van der Waals surface area contributed by atoms with Crippen molar-refractivity contribution in [3.63, 3.8) is 0 Å². The molecular weight excluding hydrogens is 164 g/mol. The maximum Gasteiger partial charge on any atom is 0.177 e. The molecule has 0 spiro atoms. The van der Waals surface area contributed by atoms with Gasteiger partial charge in [0.25, 0.3) is 0 Å². The van der Waals surface area contributed by atoms with Crippen LogP contribution in [0.2, 0.25) is 0 Å². The molecule has 1 saturated carbocycles. The molecule has 0 unspecified atom stereocenters. The molecule has 1 aliphatic carbocycles. The van der Waals surface area contributed by atoms with Gasteiger partial charge in [-0.15, -0.1) is 10.2 Å². The molecule has 0 aromatic carbocycles. The molecule has 1 aromatic rings. The van der Waals surface area contributed by atoms with Gasteiger partial charge in [-0.25, -0.2) is 0 Å². The number of hydrogen-bond donors (Lipinski definition) is 0. The highest BCUT2D eigenvalue weighted by molar-refractivity contribution is 4.93. The fourth-order valence-corrected chi connectivity index (χ4v) is 1.98. The first-order chi connectivity index (χ1) is 6.25. The van der Waals surface area contributed by atoms with Gasteiger partial charge < -0.3 is 0 Å². The van der Waals surface area contributed by atoms with Crippen LogP contribution in [0.1, 0.15) is 44.3 Å². The molecule has 0 atom stereocenters. The zero-order valence-electron chi connectivity index (χ0n) is 8.27. The Bertz CT molecular complexity index is 273. The summed E-state index contributed by atoms with van der Waals surface area (Å²) in [4.78, 5) is 1.55. The summed E-state index contributed by atoms with van der Waals surface area (Å²) < 4.78 is 0. The van der Waals surface area contributed by atoms with Crippen molar-refractivity contribution in [3.8, 4) is 0 Å². The minimum Gasteiger partial charge on any atom is -0.167 e. The molecule has 1 fully saturated rings. The minimum atomic E-state index is 0.560. The van der Waals surface area contributed by atoms with Crippen LogP contribution in [0.5, 0.6) is 0 Å². The van der Waals surface area contributed by atoms with Crippen molar-refractivity contribution in [2.45, 2.75) is 38.5 Å². The van der Waals surface area contributed by atoms with Gasteiger partial charge in [0.1, 0.15) is 0 Å². The quantitative estimate of drug-likeness (QED) is 0.658. The molecule has 0 N–H and O–H groups in total. The Hall–Kier alpha value is -0.930. The second-order valence-corrected chi connectivity index (χ2v) is 4.09. The maximum absolute atomic E-state index is 4.25. The highest BCUT2D eigenvalue weighted by Gasteiger charge is 2.22. The van der Waals surface area contributed by atoms with Crippen LogP contribution in [0.3, 0.4) is 0 Å². The number of tetrazole rings is 1. The van der Waals surface area contributed by atoms with Gasteiger partial charge in [-0.1, -0.05) is 19.8 Å². The van der Waals surface area contributed by atoms with E-state index in [2.05, 4.69) is 22.3 Å². The third kappa shape index (κ3) is 1.87. The number of nitrogens with zero attached hydrogens (tertiary/aromatic N) is 4. The summed E-state index contributed by atoms with van der Waals surface area (Å²) in [6.45, 7) is 2.32. The van der Waals surface area contributed by atoms with E-state index < -0.39 is 0 Å². The average Bonchev–Trinajstić information content (AvgIpc) is 2.53. The average molecular weight is 180 g/mol. The summed E-state index contributed by atoms with van der Waals surface area (Å²) in [6, 6.07) is 0. The molecule has 0 amide bonds. The van der Waals surface area contributed by atoms with Crippen LogP contribution in [0.4, 0.5) is 0 Å². The molecule has 4 nitrogen and oxygen atoms in total. The van der Waals surface area contributed by atoms with Gasteiger partial charge >= 0.3 is 0 Å². The molecule has 1 aliphatic rings. The van der Waals surface area contributed by atoms with Crippen molar-refractivity contribution in [1.29, 1.82) is 0 Å². The van der Waals surface area contributed by atoms with Crippen LogP contribution in [-0.4, -0.2) is 20.2 Å². The van der Waals surface area contributed by atoms with E-state index in [0.717, 1.165) is 11.7 Å². The smallest absolute Gasteiger partial charge is 0.167 e. The van der Waals surface area contributed by atoms with E-state index in [4.69, 9.17) is 0 Å². The normalized spacial score (nSPS) is 29.1. The lowest BCUT2D eigenvalue weighted by Gasteiger charge is -2.23. The lowest BCUT2D eigenvalue weighted by molar-refractivity contribution is 0.339. The van der Waals surface area contributed by atoms with Crippen molar-refractivity contribution in [3.05, 3.63) is 5.82 Å². The van der Waals surface area contributed by atoms with Crippen LogP contribution in [0, 0.1) is 5.92 Å². The minimum absolute atomic E-state index is 0.560. The molecular formula is C9H16N4. The summed E-state index contributed by atoms with van der Waals surface area (Å²) in [5, 5.41) is 12.2. The van der Waals surface area contributed by atoms with E-state index in [1.54, 1.807) is 4.80 Å². The Morgan fingerprint density at radius 1 is 1.23 bits per heavy atom. The molecule has 0 aliphatic heterocycles. The van der Waals surface area contributed by atoms with Crippen LogP contribution in [-0.2, 0) is 7.05 Å². The van der Waals surface area contributed by atoms with Crippen LogP contribution in [0.25, 0.3) is 0 Å². The first-order valence-corrected chi connectivity index (χ1v) is 4.99. The molecule has 2 rings (SSSR count). The summed E-state index contributed by atoms with van der Waals surface area (Å²) in [7, 11) is 1.82. The van der Waals surface area contributed by atoms with Crippen LogP contribution >= 0.6 is 0 Å². The standard InChI is InChI=1S/C9H16N4/c1-7-3-5-8(6-4-7)9-10-12-13(2)11-9/h7-8H,3-6H2,1-2H3. The van der Waals surface area contributed by atoms with Gasteiger partial charge in [-0.05, 0) is 24.0 Å². The highest BCUT2D eigenvalue weighted by Crippen LogP contribution is 2.33. The zero-order valence-corrected chi connectivity index (χ0v) is 8.27. The molecule has 72 valence electrons. The van der Waals surface area contributed by atoms with E-state index in [1.807, 2.05) is 7.05 Å². The topological polar surface area (TPSA) is 43.6 Å². The van der Waals surface area contributed by atoms with Crippen molar-refractivity contribution in [2.24, 2.45) is 13.0 Å². The van der Waals surface area contributed by atoms with Gasteiger partial charge in [0, 0.05) is 5.92 Å². The number of aromatic nitrogens is 4. The first kappa shape index (κ1) is 8.66. The largest absolute Gasteiger partial charge is 0.177 e. The second kappa shape index (κ2) is 3.44. The Kier molecular flexibility index (Phi) is 2.29. The fourth-order valence-electron chi connectivity index (χ4n) is 1.98. The summed E-state index contributed by atoms with van der Waals surface area (Å²) >= 11 is 0. The Morgan fingerprint density at radius 2 is 1.92 bits per heavy atom. The van der Waals surface area contributed by atoms with Gasteiger partial charge in [0.15, 0.2) is 5.82 Å². The highest BCUT2D eigenvalue weighted by atomic mass is 15.6. The van der Waals surface area contributed by atoms with E-state index >= 15 is 0 Å². The van der Waals surface area contributed by atoms with Crippen molar-refractivity contribution >= 4 is 0 Å². The molecule has 1 aromatic heterocycles. The number of hydrogen-bond acceptors (Lipinski definition) is 3. The van der Waals surface area contributed by atoms with Crippen LogP contribution in [0.15, 0.2) is 0 Å². The number of rotatable bonds is 1. The van der Waals surface area contributed by atoms with Gasteiger partial charge in [0.2, 0.25) is 0 Å². The van der Waals surface area contributed by atoms with E-state index in [-0.39, 0.29) is 0 Å². The summed E-state index contributed by atoms with van der Waals surface area (Å²) in [6.07, 6.45) is 5.07. The van der Waals surface area contributed by atoms with Crippen molar-refractivity contribution in [1.82, 2.24) is 20.2 Å². The molecule has 1 heterocycles. The van der Waals surface area contributed by atoms with Gasteiger partial charge in [0.05, 0.1) is 7.05 Å². The lowest BCUT2D eigenvalue weighted by Crippen LogP contribution is -2.12. The van der Waals surface area contributed by atoms with Crippen molar-refractivity contribution in [2.75, 3.05) is 0 Å². The van der Waals surface area contributed by atoms with E-state index in [9.17, 15) is 0 Å². The lowest BCUT2D eigenvalue weighted by atomic mass is 9.83. The Labute approximate surface area is 78.3 Å². The molecule has 13 heavy (non-hydrogen) atoms.